The molecule has 0 bridgehead atoms. The zero-order valence-corrected chi connectivity index (χ0v) is 11.3. The second-order valence-electron chi connectivity index (χ2n) is 4.55. The standard InChI is InChI=1S/C16H12O5/c1-19-9-11-7-16(18)21-15-6-10(2-4-13(11)15)14-5-3-12(8-17)20-14/h2-8H,9H2,1H3. The molecular formula is C16H12O5. The molecule has 0 aliphatic rings. The number of rotatable bonds is 4. The van der Waals surface area contributed by atoms with Crippen LogP contribution in [0.15, 0.2) is 50.0 Å². The van der Waals surface area contributed by atoms with E-state index in [2.05, 4.69) is 0 Å². The quantitative estimate of drug-likeness (QED) is 0.544. The van der Waals surface area contributed by atoms with Crippen molar-refractivity contribution in [2.75, 3.05) is 7.11 Å². The van der Waals surface area contributed by atoms with Crippen molar-refractivity contribution in [1.29, 1.82) is 0 Å². The van der Waals surface area contributed by atoms with E-state index in [1.165, 1.54) is 6.07 Å². The van der Waals surface area contributed by atoms with E-state index in [4.69, 9.17) is 13.6 Å². The molecule has 0 aliphatic heterocycles. The molecule has 0 atom stereocenters. The molecule has 0 saturated heterocycles. The summed E-state index contributed by atoms with van der Waals surface area (Å²) in [7, 11) is 1.57. The molecule has 5 nitrogen and oxygen atoms in total. The number of methoxy groups -OCH3 is 1. The molecule has 2 heterocycles. The highest BCUT2D eigenvalue weighted by atomic mass is 16.5. The minimum Gasteiger partial charge on any atom is -0.453 e. The normalized spacial score (nSPS) is 10.9. The molecule has 3 rings (SSSR count). The third-order valence-corrected chi connectivity index (χ3v) is 3.16. The van der Waals surface area contributed by atoms with Crippen LogP contribution in [-0.4, -0.2) is 13.4 Å². The zero-order valence-electron chi connectivity index (χ0n) is 11.3. The van der Waals surface area contributed by atoms with E-state index in [1.807, 2.05) is 12.1 Å². The Morgan fingerprint density at radius 3 is 2.71 bits per heavy atom. The minimum atomic E-state index is -0.431. The molecular weight excluding hydrogens is 272 g/mol. The lowest BCUT2D eigenvalue weighted by molar-refractivity contribution is 0.110. The summed E-state index contributed by atoms with van der Waals surface area (Å²) < 4.78 is 15.7. The lowest BCUT2D eigenvalue weighted by Crippen LogP contribution is -2.01. The molecule has 0 unspecified atom stereocenters. The van der Waals surface area contributed by atoms with E-state index in [-0.39, 0.29) is 5.76 Å². The maximum atomic E-state index is 11.6. The molecule has 0 aliphatic carbocycles. The van der Waals surface area contributed by atoms with E-state index in [1.54, 1.807) is 25.3 Å². The summed E-state index contributed by atoms with van der Waals surface area (Å²) in [5, 5.41) is 0.808. The molecule has 21 heavy (non-hydrogen) atoms. The Labute approximate surface area is 119 Å². The van der Waals surface area contributed by atoms with Gasteiger partial charge in [0.25, 0.3) is 0 Å². The van der Waals surface area contributed by atoms with Crippen LogP contribution in [-0.2, 0) is 11.3 Å². The van der Waals surface area contributed by atoms with Crippen LogP contribution < -0.4 is 5.63 Å². The van der Waals surface area contributed by atoms with Crippen molar-refractivity contribution >= 4 is 17.3 Å². The van der Waals surface area contributed by atoms with E-state index in [0.717, 1.165) is 16.5 Å². The molecule has 106 valence electrons. The maximum absolute atomic E-state index is 11.6. The molecule has 3 aromatic rings. The van der Waals surface area contributed by atoms with Crippen LogP contribution in [0.5, 0.6) is 0 Å². The zero-order chi connectivity index (χ0) is 14.8. The van der Waals surface area contributed by atoms with Crippen molar-refractivity contribution in [3.63, 3.8) is 0 Å². The lowest BCUT2D eigenvalue weighted by atomic mass is 10.1. The fourth-order valence-electron chi connectivity index (χ4n) is 2.23. The van der Waals surface area contributed by atoms with Crippen LogP contribution in [0.4, 0.5) is 0 Å². The predicted molar refractivity (Wildman–Crippen MR) is 76.3 cm³/mol. The Bertz CT molecular complexity index is 856. The number of furan rings is 1. The first-order valence-corrected chi connectivity index (χ1v) is 6.32. The van der Waals surface area contributed by atoms with Crippen LogP contribution in [0, 0.1) is 0 Å². The fourth-order valence-corrected chi connectivity index (χ4v) is 2.23. The van der Waals surface area contributed by atoms with Crippen LogP contribution >= 0.6 is 0 Å². The third-order valence-electron chi connectivity index (χ3n) is 3.16. The highest BCUT2D eigenvalue weighted by Gasteiger charge is 2.09. The number of aldehydes is 1. The van der Waals surface area contributed by atoms with Gasteiger partial charge in [-0.25, -0.2) is 4.79 Å². The van der Waals surface area contributed by atoms with Crippen molar-refractivity contribution in [2.24, 2.45) is 0 Å². The van der Waals surface area contributed by atoms with E-state index >= 15 is 0 Å². The second kappa shape index (κ2) is 5.38. The number of carbonyl (C=O) groups is 1. The van der Waals surface area contributed by atoms with Crippen LogP contribution in [0.2, 0.25) is 0 Å². The van der Waals surface area contributed by atoms with E-state index in [0.29, 0.717) is 24.2 Å². The summed E-state index contributed by atoms with van der Waals surface area (Å²) in [5.41, 5.74) is 1.52. The predicted octanol–water partition coefficient (Wildman–Crippen LogP) is 3.01. The molecule has 0 saturated carbocycles. The summed E-state index contributed by atoms with van der Waals surface area (Å²) in [6.45, 7) is 0.331. The molecule has 0 N–H and O–H groups in total. The molecule has 0 amide bonds. The third kappa shape index (κ3) is 2.51. The van der Waals surface area contributed by atoms with Crippen molar-refractivity contribution in [2.45, 2.75) is 6.61 Å². The van der Waals surface area contributed by atoms with Gasteiger partial charge in [0.05, 0.1) is 6.61 Å². The van der Waals surface area contributed by atoms with Gasteiger partial charge in [0.2, 0.25) is 0 Å². The number of benzene rings is 1. The minimum absolute atomic E-state index is 0.250. The first kappa shape index (κ1) is 13.3. The number of carbonyl (C=O) groups excluding carboxylic acids is 1. The molecule has 2 aromatic heterocycles. The summed E-state index contributed by atoms with van der Waals surface area (Å²) >= 11 is 0. The van der Waals surface area contributed by atoms with Gasteiger partial charge in [-0.15, -0.1) is 0 Å². The van der Waals surface area contributed by atoms with Gasteiger partial charge in [-0.2, -0.15) is 0 Å². The van der Waals surface area contributed by atoms with Crippen molar-refractivity contribution in [1.82, 2.24) is 0 Å². The summed E-state index contributed by atoms with van der Waals surface area (Å²) in [6.07, 6.45) is 0.640. The number of hydrogen-bond donors (Lipinski definition) is 0. The van der Waals surface area contributed by atoms with Gasteiger partial charge >= 0.3 is 5.63 Å². The molecule has 0 spiro atoms. The molecule has 5 heteroatoms. The fraction of sp³-hybridized carbons (Fsp3) is 0.125. The average molecular weight is 284 g/mol. The van der Waals surface area contributed by atoms with Gasteiger partial charge in [-0.1, -0.05) is 12.1 Å². The van der Waals surface area contributed by atoms with Crippen molar-refractivity contribution in [3.05, 3.63) is 58.1 Å². The molecule has 0 radical (unpaired) electrons. The second-order valence-corrected chi connectivity index (χ2v) is 4.55. The first-order valence-electron chi connectivity index (χ1n) is 6.32. The van der Waals surface area contributed by atoms with Gasteiger partial charge in [0, 0.05) is 24.1 Å². The van der Waals surface area contributed by atoms with Gasteiger partial charge in [-0.3, -0.25) is 4.79 Å². The molecule has 0 fully saturated rings. The number of hydrogen-bond acceptors (Lipinski definition) is 5. The maximum Gasteiger partial charge on any atom is 0.336 e. The topological polar surface area (TPSA) is 69.7 Å². The van der Waals surface area contributed by atoms with Gasteiger partial charge < -0.3 is 13.6 Å². The van der Waals surface area contributed by atoms with Gasteiger partial charge in [-0.05, 0) is 23.8 Å². The SMILES string of the molecule is COCc1cc(=O)oc2cc(-c3ccc(C=O)o3)ccc12. The lowest BCUT2D eigenvalue weighted by Gasteiger charge is -2.05. The highest BCUT2D eigenvalue weighted by Crippen LogP contribution is 2.27. The summed E-state index contributed by atoms with van der Waals surface area (Å²) in [4.78, 5) is 22.2. The monoisotopic (exact) mass is 284 g/mol. The Balaban J connectivity index is 2.15. The Morgan fingerprint density at radius 2 is 2.00 bits per heavy atom. The van der Waals surface area contributed by atoms with Gasteiger partial charge in [0.1, 0.15) is 11.3 Å². The summed E-state index contributed by atoms with van der Waals surface area (Å²) in [6, 6.07) is 10.1. The van der Waals surface area contributed by atoms with Gasteiger partial charge in [0.15, 0.2) is 12.0 Å². The molecule has 1 aromatic carbocycles. The first-order chi connectivity index (χ1) is 10.2. The van der Waals surface area contributed by atoms with E-state index in [9.17, 15) is 9.59 Å². The number of fused-ring (bicyclic) bond motifs is 1. The van der Waals surface area contributed by atoms with Crippen LogP contribution in [0.25, 0.3) is 22.3 Å². The van der Waals surface area contributed by atoms with Crippen molar-refractivity contribution in [3.8, 4) is 11.3 Å². The largest absolute Gasteiger partial charge is 0.453 e. The van der Waals surface area contributed by atoms with Crippen LogP contribution in [0.1, 0.15) is 16.1 Å². The van der Waals surface area contributed by atoms with Crippen LogP contribution in [0.3, 0.4) is 0 Å². The Kier molecular flexibility index (Phi) is 3.41. The Morgan fingerprint density at radius 1 is 1.14 bits per heavy atom. The van der Waals surface area contributed by atoms with Crippen molar-refractivity contribution < 1.29 is 18.4 Å². The number of ether oxygens (including phenoxy) is 1. The highest BCUT2D eigenvalue weighted by molar-refractivity contribution is 5.84. The van der Waals surface area contributed by atoms with E-state index < -0.39 is 5.63 Å². The Hall–Kier alpha value is -2.66. The smallest absolute Gasteiger partial charge is 0.336 e. The average Bonchev–Trinajstić information content (AvgIpc) is 2.95. The summed E-state index contributed by atoms with van der Waals surface area (Å²) in [5.74, 6) is 0.790.